The van der Waals surface area contributed by atoms with Crippen molar-refractivity contribution in [3.8, 4) is 23.0 Å². The molecule has 0 aliphatic carbocycles. The van der Waals surface area contributed by atoms with E-state index in [0.29, 0.717) is 30.3 Å². The third kappa shape index (κ3) is 10.4. The van der Waals surface area contributed by atoms with Gasteiger partial charge in [-0.05, 0) is 25.0 Å². The summed E-state index contributed by atoms with van der Waals surface area (Å²) in [6.45, 7) is 5.12. The molecule has 0 bridgehead atoms. The van der Waals surface area contributed by atoms with Crippen LogP contribution in [0.4, 0.5) is 0 Å². The lowest BCUT2D eigenvalue weighted by atomic mass is 10.1. The SMILES string of the molecule is CCCCCCCCC(=O)Oc1cnc(-c2ccc(OCCCCCCC)cn2)nc1. The highest BCUT2D eigenvalue weighted by molar-refractivity contribution is 5.72. The molecule has 0 N–H and O–H groups in total. The van der Waals surface area contributed by atoms with Crippen molar-refractivity contribution in [2.45, 2.75) is 90.9 Å². The maximum atomic E-state index is 11.9. The molecular weight excluding hydrogens is 390 g/mol. The summed E-state index contributed by atoms with van der Waals surface area (Å²) in [7, 11) is 0. The van der Waals surface area contributed by atoms with Crippen LogP contribution in [-0.2, 0) is 4.79 Å². The molecule has 0 radical (unpaired) electrons. The number of unbranched alkanes of at least 4 members (excludes halogenated alkanes) is 9. The molecule has 6 nitrogen and oxygen atoms in total. The molecule has 0 spiro atoms. The summed E-state index contributed by atoms with van der Waals surface area (Å²) in [4.78, 5) is 24.9. The van der Waals surface area contributed by atoms with Gasteiger partial charge in [0.05, 0.1) is 25.2 Å². The number of ether oxygens (including phenoxy) is 2. The Hall–Kier alpha value is -2.50. The molecule has 0 aromatic carbocycles. The summed E-state index contributed by atoms with van der Waals surface area (Å²) in [6, 6.07) is 3.72. The number of esters is 1. The largest absolute Gasteiger partial charge is 0.492 e. The van der Waals surface area contributed by atoms with E-state index in [1.54, 1.807) is 6.20 Å². The molecule has 0 aliphatic heterocycles. The van der Waals surface area contributed by atoms with E-state index in [1.165, 1.54) is 63.8 Å². The van der Waals surface area contributed by atoms with Crippen LogP contribution in [0.5, 0.6) is 11.5 Å². The lowest BCUT2D eigenvalue weighted by molar-refractivity contribution is -0.134. The molecule has 170 valence electrons. The molecule has 0 saturated carbocycles. The van der Waals surface area contributed by atoms with Gasteiger partial charge >= 0.3 is 5.97 Å². The van der Waals surface area contributed by atoms with Gasteiger partial charge in [-0.25, -0.2) is 15.0 Å². The Morgan fingerprint density at radius 3 is 2.00 bits per heavy atom. The van der Waals surface area contributed by atoms with Gasteiger partial charge in [-0.15, -0.1) is 0 Å². The third-order valence-corrected chi connectivity index (χ3v) is 5.08. The Morgan fingerprint density at radius 2 is 1.35 bits per heavy atom. The van der Waals surface area contributed by atoms with Gasteiger partial charge in [0, 0.05) is 6.42 Å². The fourth-order valence-corrected chi connectivity index (χ4v) is 3.23. The smallest absolute Gasteiger partial charge is 0.311 e. The summed E-state index contributed by atoms with van der Waals surface area (Å²) in [5, 5.41) is 0. The molecule has 0 unspecified atom stereocenters. The molecule has 0 atom stereocenters. The van der Waals surface area contributed by atoms with E-state index in [0.717, 1.165) is 25.0 Å². The first kappa shape index (κ1) is 24.8. The summed E-state index contributed by atoms with van der Waals surface area (Å²) < 4.78 is 11.1. The highest BCUT2D eigenvalue weighted by atomic mass is 16.5. The maximum absolute atomic E-state index is 11.9. The molecule has 2 aromatic heterocycles. The number of aromatic nitrogens is 3. The van der Waals surface area contributed by atoms with E-state index in [2.05, 4.69) is 28.8 Å². The molecule has 0 saturated heterocycles. The van der Waals surface area contributed by atoms with Crippen LogP contribution in [0.25, 0.3) is 11.5 Å². The Morgan fingerprint density at radius 1 is 0.742 bits per heavy atom. The molecule has 6 heteroatoms. The van der Waals surface area contributed by atoms with E-state index in [-0.39, 0.29) is 5.97 Å². The summed E-state index contributed by atoms with van der Waals surface area (Å²) in [6.07, 6.45) is 18.0. The molecule has 2 rings (SSSR count). The van der Waals surface area contributed by atoms with Gasteiger partial charge in [0.2, 0.25) is 0 Å². The third-order valence-electron chi connectivity index (χ3n) is 5.08. The fourth-order valence-electron chi connectivity index (χ4n) is 3.23. The van der Waals surface area contributed by atoms with Crippen molar-refractivity contribution in [1.82, 2.24) is 15.0 Å². The number of nitrogens with zero attached hydrogens (tertiary/aromatic N) is 3. The van der Waals surface area contributed by atoms with Crippen molar-refractivity contribution in [3.63, 3.8) is 0 Å². The Kier molecular flexibility index (Phi) is 12.2. The monoisotopic (exact) mass is 427 g/mol. The van der Waals surface area contributed by atoms with Crippen LogP contribution < -0.4 is 9.47 Å². The second-order valence-electron chi connectivity index (χ2n) is 7.88. The molecular formula is C25H37N3O3. The van der Waals surface area contributed by atoms with Crippen LogP contribution in [-0.4, -0.2) is 27.5 Å². The van der Waals surface area contributed by atoms with Crippen LogP contribution >= 0.6 is 0 Å². The molecule has 0 fully saturated rings. The van der Waals surface area contributed by atoms with Gasteiger partial charge in [-0.1, -0.05) is 71.6 Å². The zero-order valence-corrected chi connectivity index (χ0v) is 19.1. The quantitative estimate of drug-likeness (QED) is 0.223. The van der Waals surface area contributed by atoms with Crippen molar-refractivity contribution in [3.05, 3.63) is 30.7 Å². The lowest BCUT2D eigenvalue weighted by Gasteiger charge is -2.07. The van der Waals surface area contributed by atoms with E-state index >= 15 is 0 Å². The van der Waals surface area contributed by atoms with Gasteiger partial charge < -0.3 is 9.47 Å². The summed E-state index contributed by atoms with van der Waals surface area (Å²) in [5.41, 5.74) is 0.653. The Bertz CT molecular complexity index is 733. The highest BCUT2D eigenvalue weighted by Gasteiger charge is 2.08. The van der Waals surface area contributed by atoms with E-state index < -0.39 is 0 Å². The predicted molar refractivity (Wildman–Crippen MR) is 123 cm³/mol. The van der Waals surface area contributed by atoms with Gasteiger partial charge in [-0.2, -0.15) is 0 Å². The topological polar surface area (TPSA) is 74.2 Å². The molecule has 0 aliphatic rings. The normalized spacial score (nSPS) is 10.8. The standard InChI is InChI=1S/C25H37N3O3/c1-3-5-7-9-10-12-14-24(29)31-22-19-27-25(28-20-22)23-16-15-21(18-26-23)30-17-13-11-8-6-4-2/h15-16,18-20H,3-14,17H2,1-2H3. The van der Waals surface area contributed by atoms with Crippen molar-refractivity contribution in [1.29, 1.82) is 0 Å². The lowest BCUT2D eigenvalue weighted by Crippen LogP contribution is -2.08. The van der Waals surface area contributed by atoms with Crippen molar-refractivity contribution >= 4 is 5.97 Å². The first-order chi connectivity index (χ1) is 15.2. The first-order valence-electron chi connectivity index (χ1n) is 11.8. The first-order valence-corrected chi connectivity index (χ1v) is 11.8. The van der Waals surface area contributed by atoms with E-state index in [4.69, 9.17) is 9.47 Å². The zero-order chi connectivity index (χ0) is 22.2. The Balaban J connectivity index is 1.71. The van der Waals surface area contributed by atoms with Crippen LogP contribution in [0, 0.1) is 0 Å². The number of hydrogen-bond acceptors (Lipinski definition) is 6. The van der Waals surface area contributed by atoms with Gasteiger partial charge in [0.15, 0.2) is 11.6 Å². The minimum atomic E-state index is -0.235. The number of carbonyl (C=O) groups excluding carboxylic acids is 1. The van der Waals surface area contributed by atoms with Crippen LogP contribution in [0.3, 0.4) is 0 Å². The van der Waals surface area contributed by atoms with E-state index in [9.17, 15) is 4.79 Å². The van der Waals surface area contributed by atoms with Crippen molar-refractivity contribution in [2.75, 3.05) is 6.61 Å². The second kappa shape index (κ2) is 15.3. The maximum Gasteiger partial charge on any atom is 0.311 e. The minimum absolute atomic E-state index is 0.235. The summed E-state index contributed by atoms with van der Waals surface area (Å²) in [5.74, 6) is 1.37. The van der Waals surface area contributed by atoms with Gasteiger partial charge in [-0.3, -0.25) is 4.79 Å². The molecule has 31 heavy (non-hydrogen) atoms. The predicted octanol–water partition coefficient (Wildman–Crippen LogP) is 6.54. The van der Waals surface area contributed by atoms with Crippen LogP contribution in [0.15, 0.2) is 30.7 Å². The van der Waals surface area contributed by atoms with Crippen molar-refractivity contribution < 1.29 is 14.3 Å². The summed E-state index contributed by atoms with van der Waals surface area (Å²) >= 11 is 0. The highest BCUT2D eigenvalue weighted by Crippen LogP contribution is 2.18. The van der Waals surface area contributed by atoms with Gasteiger partial charge in [0.1, 0.15) is 11.4 Å². The fraction of sp³-hybridized carbons (Fsp3) is 0.600. The van der Waals surface area contributed by atoms with Crippen LogP contribution in [0.1, 0.15) is 90.9 Å². The molecule has 0 amide bonds. The number of hydrogen-bond donors (Lipinski definition) is 0. The van der Waals surface area contributed by atoms with Crippen molar-refractivity contribution in [2.24, 2.45) is 0 Å². The number of carbonyl (C=O) groups is 1. The number of pyridine rings is 1. The number of rotatable bonds is 16. The molecule has 2 aromatic rings. The van der Waals surface area contributed by atoms with Gasteiger partial charge in [0.25, 0.3) is 0 Å². The van der Waals surface area contributed by atoms with E-state index in [1.807, 2.05) is 12.1 Å². The molecule has 2 heterocycles. The zero-order valence-electron chi connectivity index (χ0n) is 19.1. The average Bonchev–Trinajstić information content (AvgIpc) is 2.79. The average molecular weight is 428 g/mol. The minimum Gasteiger partial charge on any atom is -0.492 e. The second-order valence-corrected chi connectivity index (χ2v) is 7.88. The Labute approximate surface area is 186 Å². The van der Waals surface area contributed by atoms with Crippen LogP contribution in [0.2, 0.25) is 0 Å².